The molecule has 9 N–H and O–H groups in total. The molecule has 0 aliphatic rings. The fourth-order valence-corrected chi connectivity index (χ4v) is 2.94. The number of aliphatic carboxylic acids is 1. The molecule has 12 heteroatoms. The van der Waals surface area contributed by atoms with Gasteiger partial charge in [0.1, 0.15) is 24.2 Å². The van der Waals surface area contributed by atoms with E-state index in [-0.39, 0.29) is 24.5 Å². The van der Waals surface area contributed by atoms with Gasteiger partial charge in [0, 0.05) is 5.75 Å². The van der Waals surface area contributed by atoms with Crippen molar-refractivity contribution in [2.45, 2.75) is 76.7 Å². The number of amides is 3. The summed E-state index contributed by atoms with van der Waals surface area (Å²) < 4.78 is 0. The van der Waals surface area contributed by atoms with Crippen molar-refractivity contribution in [2.24, 2.45) is 17.4 Å². The summed E-state index contributed by atoms with van der Waals surface area (Å²) in [5.74, 6) is -3.27. The Morgan fingerprint density at radius 3 is 1.87 bits per heavy atom. The van der Waals surface area contributed by atoms with Crippen LogP contribution < -0.4 is 27.4 Å². The van der Waals surface area contributed by atoms with E-state index in [4.69, 9.17) is 11.5 Å². The lowest BCUT2D eigenvalue weighted by molar-refractivity contribution is -0.142. The minimum Gasteiger partial charge on any atom is -0.480 e. The minimum absolute atomic E-state index is 0.0287. The summed E-state index contributed by atoms with van der Waals surface area (Å²) in [4.78, 5) is 48.8. The number of thiol groups is 1. The molecule has 0 aromatic heterocycles. The van der Waals surface area contributed by atoms with Crippen molar-refractivity contribution in [2.75, 3.05) is 12.3 Å². The highest BCUT2D eigenvalue weighted by Gasteiger charge is 2.30. The first kappa shape index (κ1) is 29.1. The zero-order chi connectivity index (χ0) is 24.1. The SMILES string of the molecule is CC(C)CC(NC(=O)C(N)C(C)O)C(=O)NC(CS)C(=O)NC(CCCCN)C(=O)O. The molecule has 0 bridgehead atoms. The first-order chi connectivity index (χ1) is 14.4. The zero-order valence-corrected chi connectivity index (χ0v) is 19.2. The van der Waals surface area contributed by atoms with E-state index in [1.54, 1.807) is 0 Å². The molecule has 5 unspecified atom stereocenters. The van der Waals surface area contributed by atoms with Crippen LogP contribution in [-0.2, 0) is 19.2 Å². The van der Waals surface area contributed by atoms with E-state index in [0.29, 0.717) is 19.4 Å². The third kappa shape index (κ3) is 11.3. The Hall–Kier alpha value is -1.89. The highest BCUT2D eigenvalue weighted by atomic mass is 32.1. The molecule has 0 spiro atoms. The van der Waals surface area contributed by atoms with Crippen LogP contribution in [0.4, 0.5) is 0 Å². The number of carboxylic acids is 1. The summed E-state index contributed by atoms with van der Waals surface area (Å²) in [6.07, 6.45) is 0.511. The van der Waals surface area contributed by atoms with E-state index >= 15 is 0 Å². The topological polar surface area (TPSA) is 197 Å². The number of aliphatic hydroxyl groups is 1. The van der Waals surface area contributed by atoms with E-state index in [9.17, 15) is 29.4 Å². The van der Waals surface area contributed by atoms with Gasteiger partial charge in [0.15, 0.2) is 0 Å². The third-order valence-corrected chi connectivity index (χ3v) is 4.90. The Bertz CT molecular complexity index is 604. The number of aliphatic hydroxyl groups excluding tert-OH is 1. The standard InChI is InChI=1S/C19H37N5O6S/c1-10(2)8-13(23-18(28)15(21)11(3)25)16(26)24-14(9-31)17(27)22-12(19(29)30)6-4-5-7-20/h10-15,25,31H,4-9,20-21H2,1-3H3,(H,22,27)(H,23,28)(H,24,26)(H,29,30). The molecule has 180 valence electrons. The van der Waals surface area contributed by atoms with Gasteiger partial charge in [-0.05, 0) is 45.1 Å². The van der Waals surface area contributed by atoms with E-state index in [1.165, 1.54) is 6.92 Å². The number of rotatable bonds is 15. The lowest BCUT2D eigenvalue weighted by Gasteiger charge is -2.25. The summed E-state index contributed by atoms with van der Waals surface area (Å²) in [7, 11) is 0. The van der Waals surface area contributed by atoms with Crippen molar-refractivity contribution in [3.8, 4) is 0 Å². The van der Waals surface area contributed by atoms with Gasteiger partial charge in [0.05, 0.1) is 6.10 Å². The minimum atomic E-state index is -1.21. The van der Waals surface area contributed by atoms with Crippen molar-refractivity contribution in [3.63, 3.8) is 0 Å². The molecule has 0 aliphatic carbocycles. The van der Waals surface area contributed by atoms with Crippen LogP contribution >= 0.6 is 12.6 Å². The molecule has 0 rings (SSSR count). The Morgan fingerprint density at radius 2 is 1.42 bits per heavy atom. The number of carbonyl (C=O) groups excluding carboxylic acids is 3. The molecule has 0 aliphatic heterocycles. The Labute approximate surface area is 188 Å². The molecule has 0 saturated heterocycles. The van der Waals surface area contributed by atoms with Crippen LogP contribution in [0.25, 0.3) is 0 Å². The Morgan fingerprint density at radius 1 is 0.903 bits per heavy atom. The molecule has 0 aromatic carbocycles. The van der Waals surface area contributed by atoms with Gasteiger partial charge >= 0.3 is 5.97 Å². The third-order valence-electron chi connectivity index (χ3n) is 4.54. The monoisotopic (exact) mass is 463 g/mol. The van der Waals surface area contributed by atoms with Gasteiger partial charge in [-0.2, -0.15) is 12.6 Å². The van der Waals surface area contributed by atoms with Crippen LogP contribution in [-0.4, -0.2) is 76.5 Å². The zero-order valence-electron chi connectivity index (χ0n) is 18.3. The number of hydrogen-bond acceptors (Lipinski definition) is 8. The summed E-state index contributed by atoms with van der Waals surface area (Å²) in [5.41, 5.74) is 11.0. The average Bonchev–Trinajstić information content (AvgIpc) is 2.69. The molecule has 0 aromatic rings. The van der Waals surface area contributed by atoms with Gasteiger partial charge in [0.25, 0.3) is 0 Å². The summed E-state index contributed by atoms with van der Waals surface area (Å²) in [6, 6.07) is -4.43. The molecule has 0 saturated carbocycles. The number of carbonyl (C=O) groups is 4. The normalized spacial score (nSPS) is 16.0. The van der Waals surface area contributed by atoms with Crippen molar-refractivity contribution >= 4 is 36.3 Å². The lowest BCUT2D eigenvalue weighted by atomic mass is 10.0. The van der Waals surface area contributed by atoms with Gasteiger partial charge in [-0.15, -0.1) is 0 Å². The second-order valence-corrected chi connectivity index (χ2v) is 8.25. The first-order valence-corrected chi connectivity index (χ1v) is 11.0. The van der Waals surface area contributed by atoms with Crippen LogP contribution in [0.1, 0.15) is 46.5 Å². The van der Waals surface area contributed by atoms with Crippen molar-refractivity contribution in [1.29, 1.82) is 0 Å². The maximum absolute atomic E-state index is 12.7. The van der Waals surface area contributed by atoms with Crippen LogP contribution in [0.2, 0.25) is 0 Å². The molecule has 31 heavy (non-hydrogen) atoms. The highest BCUT2D eigenvalue weighted by molar-refractivity contribution is 7.80. The number of hydrogen-bond donors (Lipinski definition) is 8. The van der Waals surface area contributed by atoms with Crippen molar-refractivity contribution in [3.05, 3.63) is 0 Å². The fourth-order valence-electron chi connectivity index (χ4n) is 2.68. The first-order valence-electron chi connectivity index (χ1n) is 10.3. The van der Waals surface area contributed by atoms with E-state index < -0.39 is 54.0 Å². The van der Waals surface area contributed by atoms with E-state index in [1.807, 2.05) is 13.8 Å². The summed E-state index contributed by atoms with van der Waals surface area (Å²) >= 11 is 4.08. The van der Waals surface area contributed by atoms with E-state index in [0.717, 1.165) is 0 Å². The molecule has 3 amide bonds. The quantitative estimate of drug-likeness (QED) is 0.104. The van der Waals surface area contributed by atoms with Crippen LogP contribution in [0.3, 0.4) is 0 Å². The smallest absolute Gasteiger partial charge is 0.326 e. The number of nitrogens with one attached hydrogen (secondary N) is 3. The average molecular weight is 464 g/mol. The number of nitrogens with two attached hydrogens (primary N) is 2. The Balaban J connectivity index is 5.18. The van der Waals surface area contributed by atoms with Gasteiger partial charge in [-0.3, -0.25) is 14.4 Å². The molecular weight excluding hydrogens is 426 g/mol. The summed E-state index contributed by atoms with van der Waals surface area (Å²) in [5, 5.41) is 26.2. The van der Waals surface area contributed by atoms with Gasteiger partial charge in [0.2, 0.25) is 17.7 Å². The fraction of sp³-hybridized carbons (Fsp3) is 0.789. The van der Waals surface area contributed by atoms with Crippen LogP contribution in [0.5, 0.6) is 0 Å². The predicted octanol–water partition coefficient (Wildman–Crippen LogP) is -1.66. The number of unbranched alkanes of at least 4 members (excludes halogenated alkanes) is 1. The predicted molar refractivity (Wildman–Crippen MR) is 119 cm³/mol. The lowest BCUT2D eigenvalue weighted by Crippen LogP contribution is -2.58. The van der Waals surface area contributed by atoms with Gasteiger partial charge < -0.3 is 37.6 Å². The molecule has 0 heterocycles. The van der Waals surface area contributed by atoms with Crippen LogP contribution in [0, 0.1) is 5.92 Å². The van der Waals surface area contributed by atoms with Crippen molar-refractivity contribution < 1.29 is 29.4 Å². The molecule has 11 nitrogen and oxygen atoms in total. The molecule has 5 atom stereocenters. The van der Waals surface area contributed by atoms with Crippen molar-refractivity contribution in [1.82, 2.24) is 16.0 Å². The van der Waals surface area contributed by atoms with Gasteiger partial charge in [-0.1, -0.05) is 13.8 Å². The second-order valence-electron chi connectivity index (χ2n) is 7.88. The summed E-state index contributed by atoms with van der Waals surface area (Å²) in [6.45, 7) is 5.47. The molecular formula is C19H37N5O6S. The Kier molecular flexibility index (Phi) is 14.1. The molecule has 0 fully saturated rings. The van der Waals surface area contributed by atoms with E-state index in [2.05, 4.69) is 28.6 Å². The van der Waals surface area contributed by atoms with Crippen LogP contribution in [0.15, 0.2) is 0 Å². The van der Waals surface area contributed by atoms with Gasteiger partial charge in [-0.25, -0.2) is 4.79 Å². The maximum atomic E-state index is 12.7. The molecule has 0 radical (unpaired) electrons. The highest BCUT2D eigenvalue weighted by Crippen LogP contribution is 2.07. The number of carboxylic acid groups (broad SMARTS) is 1. The largest absolute Gasteiger partial charge is 0.480 e. The maximum Gasteiger partial charge on any atom is 0.326 e. The second kappa shape index (κ2) is 15.0.